The smallest absolute Gasteiger partial charge is 0.161 e. The van der Waals surface area contributed by atoms with Crippen LogP contribution < -0.4 is 11.1 Å². The van der Waals surface area contributed by atoms with Crippen molar-refractivity contribution >= 4 is 28.9 Å². The Morgan fingerprint density at radius 1 is 1.53 bits per heavy atom. The summed E-state index contributed by atoms with van der Waals surface area (Å²) in [7, 11) is 0. The molecular formula is C13H20N2OS. The van der Waals surface area contributed by atoms with Gasteiger partial charge in [0.15, 0.2) is 5.78 Å². The Bertz CT molecular complexity index is 393. The van der Waals surface area contributed by atoms with Crippen molar-refractivity contribution in [3.05, 3.63) is 23.8 Å². The lowest BCUT2D eigenvalue weighted by atomic mass is 10.1. The summed E-state index contributed by atoms with van der Waals surface area (Å²) in [4.78, 5) is 11.2. The third kappa shape index (κ3) is 4.30. The number of nitrogens with two attached hydrogens (primary N) is 1. The molecule has 94 valence electrons. The molecule has 0 amide bonds. The molecule has 0 fully saturated rings. The maximum atomic E-state index is 11.2. The minimum Gasteiger partial charge on any atom is -0.398 e. The second kappa shape index (κ2) is 6.55. The van der Waals surface area contributed by atoms with Gasteiger partial charge in [-0.2, -0.15) is 11.8 Å². The van der Waals surface area contributed by atoms with Gasteiger partial charge < -0.3 is 11.1 Å². The first-order valence-electron chi connectivity index (χ1n) is 5.70. The standard InChI is InChI=1S/C13H20N2OS/c1-9(6-7-17-3)15-11-4-5-12(10(2)16)13(14)8-11/h4-5,8-9,15H,6-7,14H2,1-3H3. The van der Waals surface area contributed by atoms with E-state index < -0.39 is 0 Å². The molecule has 1 aromatic rings. The lowest BCUT2D eigenvalue weighted by Gasteiger charge is -2.15. The summed E-state index contributed by atoms with van der Waals surface area (Å²) in [5, 5.41) is 3.38. The third-order valence-corrected chi connectivity index (χ3v) is 3.24. The molecule has 0 heterocycles. The van der Waals surface area contributed by atoms with Crippen LogP contribution in [0.15, 0.2) is 18.2 Å². The summed E-state index contributed by atoms with van der Waals surface area (Å²) >= 11 is 1.84. The summed E-state index contributed by atoms with van der Waals surface area (Å²) in [6.07, 6.45) is 3.21. The average Bonchev–Trinajstić information content (AvgIpc) is 2.26. The predicted molar refractivity (Wildman–Crippen MR) is 76.9 cm³/mol. The molecule has 0 saturated heterocycles. The number of rotatable bonds is 6. The fourth-order valence-electron chi connectivity index (χ4n) is 1.62. The highest BCUT2D eigenvalue weighted by atomic mass is 32.2. The summed E-state index contributed by atoms with van der Waals surface area (Å²) in [6, 6.07) is 5.92. The van der Waals surface area contributed by atoms with Gasteiger partial charge in [-0.3, -0.25) is 4.79 Å². The lowest BCUT2D eigenvalue weighted by Crippen LogP contribution is -2.16. The van der Waals surface area contributed by atoms with Crippen LogP contribution in [0.25, 0.3) is 0 Å². The molecule has 0 spiro atoms. The Kier molecular flexibility index (Phi) is 5.35. The second-order valence-electron chi connectivity index (χ2n) is 4.19. The molecule has 0 aliphatic carbocycles. The Morgan fingerprint density at radius 2 is 2.24 bits per heavy atom. The monoisotopic (exact) mass is 252 g/mol. The van der Waals surface area contributed by atoms with Crippen LogP contribution in [0.1, 0.15) is 30.6 Å². The maximum absolute atomic E-state index is 11.2. The second-order valence-corrected chi connectivity index (χ2v) is 5.17. The summed E-state index contributed by atoms with van der Waals surface area (Å²) in [6.45, 7) is 3.67. The average molecular weight is 252 g/mol. The molecule has 1 rings (SSSR count). The molecular weight excluding hydrogens is 232 g/mol. The van der Waals surface area contributed by atoms with Gasteiger partial charge in [-0.05, 0) is 50.5 Å². The van der Waals surface area contributed by atoms with Crippen molar-refractivity contribution in [1.29, 1.82) is 0 Å². The summed E-state index contributed by atoms with van der Waals surface area (Å²) in [5.41, 5.74) is 7.94. The van der Waals surface area contributed by atoms with E-state index in [1.165, 1.54) is 6.92 Å². The molecule has 0 aliphatic heterocycles. The van der Waals surface area contributed by atoms with Crippen LogP contribution in [0.5, 0.6) is 0 Å². The third-order valence-electron chi connectivity index (χ3n) is 2.60. The number of ketones is 1. The fourth-order valence-corrected chi connectivity index (χ4v) is 2.21. The molecule has 0 bridgehead atoms. The van der Waals surface area contributed by atoms with E-state index >= 15 is 0 Å². The lowest BCUT2D eigenvalue weighted by molar-refractivity contribution is 0.101. The molecule has 1 aromatic carbocycles. The first-order valence-corrected chi connectivity index (χ1v) is 7.10. The van der Waals surface area contributed by atoms with E-state index in [-0.39, 0.29) is 5.78 Å². The summed E-state index contributed by atoms with van der Waals surface area (Å²) in [5.74, 6) is 1.14. The molecule has 4 heteroatoms. The number of thioether (sulfide) groups is 1. The van der Waals surface area contributed by atoms with Crippen LogP contribution >= 0.6 is 11.8 Å². The van der Waals surface area contributed by atoms with Crippen LogP contribution in [0.4, 0.5) is 11.4 Å². The van der Waals surface area contributed by atoms with E-state index in [9.17, 15) is 4.79 Å². The van der Waals surface area contributed by atoms with Crippen LogP contribution in [-0.4, -0.2) is 23.8 Å². The Morgan fingerprint density at radius 3 is 2.76 bits per heavy atom. The molecule has 17 heavy (non-hydrogen) atoms. The zero-order valence-corrected chi connectivity index (χ0v) is 11.4. The van der Waals surface area contributed by atoms with Crippen LogP contribution in [-0.2, 0) is 0 Å². The SMILES string of the molecule is CSCCC(C)Nc1ccc(C(C)=O)c(N)c1. The number of carbonyl (C=O) groups is 1. The van der Waals surface area contributed by atoms with Gasteiger partial charge in [0.2, 0.25) is 0 Å². The van der Waals surface area contributed by atoms with E-state index in [4.69, 9.17) is 5.73 Å². The Labute approximate surface area is 107 Å². The summed E-state index contributed by atoms with van der Waals surface area (Å²) < 4.78 is 0. The van der Waals surface area contributed by atoms with Gasteiger partial charge in [0.25, 0.3) is 0 Å². The van der Waals surface area contributed by atoms with Crippen molar-refractivity contribution in [2.24, 2.45) is 0 Å². The van der Waals surface area contributed by atoms with Gasteiger partial charge >= 0.3 is 0 Å². The van der Waals surface area contributed by atoms with E-state index in [0.29, 0.717) is 17.3 Å². The minimum absolute atomic E-state index is 0.00415. The zero-order valence-electron chi connectivity index (χ0n) is 10.6. The number of hydrogen-bond acceptors (Lipinski definition) is 4. The highest BCUT2D eigenvalue weighted by Crippen LogP contribution is 2.19. The number of nitrogen functional groups attached to an aromatic ring is 1. The molecule has 1 unspecified atom stereocenters. The van der Waals surface area contributed by atoms with Crippen molar-refractivity contribution < 1.29 is 4.79 Å². The van der Waals surface area contributed by atoms with Crippen molar-refractivity contribution in [2.75, 3.05) is 23.1 Å². The van der Waals surface area contributed by atoms with Gasteiger partial charge in [0.1, 0.15) is 0 Å². The first kappa shape index (κ1) is 13.9. The zero-order chi connectivity index (χ0) is 12.8. The van der Waals surface area contributed by atoms with Gasteiger partial charge in [-0.1, -0.05) is 0 Å². The van der Waals surface area contributed by atoms with Gasteiger partial charge in [0, 0.05) is 23.0 Å². The number of carbonyl (C=O) groups excluding carboxylic acids is 1. The molecule has 0 saturated carbocycles. The highest BCUT2D eigenvalue weighted by molar-refractivity contribution is 7.98. The van der Waals surface area contributed by atoms with Crippen molar-refractivity contribution in [3.8, 4) is 0 Å². The van der Waals surface area contributed by atoms with E-state index in [2.05, 4.69) is 18.5 Å². The molecule has 1 atom stereocenters. The van der Waals surface area contributed by atoms with Crippen LogP contribution in [0.2, 0.25) is 0 Å². The maximum Gasteiger partial charge on any atom is 0.161 e. The van der Waals surface area contributed by atoms with Crippen molar-refractivity contribution in [1.82, 2.24) is 0 Å². The molecule has 3 N–H and O–H groups in total. The van der Waals surface area contributed by atoms with Gasteiger partial charge in [-0.15, -0.1) is 0 Å². The first-order chi connectivity index (χ1) is 8.04. The minimum atomic E-state index is 0.00415. The molecule has 0 aliphatic rings. The molecule has 3 nitrogen and oxygen atoms in total. The number of Topliss-reactive ketones (excluding diaryl/α,β-unsaturated/α-hetero) is 1. The van der Waals surface area contributed by atoms with E-state index in [1.807, 2.05) is 23.9 Å². The van der Waals surface area contributed by atoms with Crippen LogP contribution in [0, 0.1) is 0 Å². The Hall–Kier alpha value is -1.16. The number of benzene rings is 1. The van der Waals surface area contributed by atoms with Gasteiger partial charge in [-0.25, -0.2) is 0 Å². The largest absolute Gasteiger partial charge is 0.398 e. The highest BCUT2D eigenvalue weighted by Gasteiger charge is 2.07. The van der Waals surface area contributed by atoms with Crippen LogP contribution in [0.3, 0.4) is 0 Å². The number of hydrogen-bond donors (Lipinski definition) is 2. The van der Waals surface area contributed by atoms with Crippen molar-refractivity contribution in [3.63, 3.8) is 0 Å². The number of anilines is 2. The quantitative estimate of drug-likeness (QED) is 0.603. The van der Waals surface area contributed by atoms with Gasteiger partial charge in [0.05, 0.1) is 0 Å². The topological polar surface area (TPSA) is 55.1 Å². The normalized spacial score (nSPS) is 12.2. The Balaban J connectivity index is 2.67. The molecule has 0 radical (unpaired) electrons. The van der Waals surface area contributed by atoms with Crippen molar-refractivity contribution in [2.45, 2.75) is 26.3 Å². The fraction of sp³-hybridized carbons (Fsp3) is 0.462. The predicted octanol–water partition coefficient (Wildman–Crippen LogP) is 3.02. The van der Waals surface area contributed by atoms with E-state index in [1.54, 1.807) is 6.07 Å². The molecule has 0 aromatic heterocycles. The van der Waals surface area contributed by atoms with E-state index in [0.717, 1.165) is 17.9 Å². The number of nitrogens with one attached hydrogen (secondary N) is 1.